The molecular formula is C15H20OS2. The number of allylic oxidation sites excluding steroid dienone is 2. The molecule has 0 bridgehead atoms. The van der Waals surface area contributed by atoms with Crippen molar-refractivity contribution in [2.24, 2.45) is 5.41 Å². The second-order valence-electron chi connectivity index (χ2n) is 5.53. The van der Waals surface area contributed by atoms with Crippen molar-refractivity contribution in [2.45, 2.75) is 42.6 Å². The number of carbonyl (C=O) groups excluding carboxylic acids is 1. The topological polar surface area (TPSA) is 17.1 Å². The Kier molecular flexibility index (Phi) is 3.39. The number of carbonyl (C=O) groups is 1. The fourth-order valence-corrected chi connectivity index (χ4v) is 6.78. The Bertz CT molecular complexity index is 407. The van der Waals surface area contributed by atoms with Crippen LogP contribution in [0.25, 0.3) is 0 Å². The summed E-state index contributed by atoms with van der Waals surface area (Å²) in [7, 11) is 0. The molecule has 1 saturated carbocycles. The van der Waals surface area contributed by atoms with Gasteiger partial charge in [-0.25, -0.2) is 0 Å². The molecule has 1 atom stereocenters. The molecule has 3 aliphatic rings. The van der Waals surface area contributed by atoms with Crippen LogP contribution in [-0.2, 0) is 4.79 Å². The summed E-state index contributed by atoms with van der Waals surface area (Å²) in [5, 5.41) is 0. The second-order valence-corrected chi connectivity index (χ2v) is 8.64. The number of fused-ring (bicyclic) bond motifs is 1. The average molecular weight is 280 g/mol. The summed E-state index contributed by atoms with van der Waals surface area (Å²) < 4.78 is 0.295. The van der Waals surface area contributed by atoms with Crippen LogP contribution in [0.5, 0.6) is 0 Å². The SMILES string of the molecule is C=CC[C@@]12CCC3(C=C1CCC2=O)SCCCS3. The maximum absolute atomic E-state index is 12.3. The van der Waals surface area contributed by atoms with E-state index in [0.29, 0.717) is 9.86 Å². The molecule has 18 heavy (non-hydrogen) atoms. The van der Waals surface area contributed by atoms with Crippen LogP contribution in [0, 0.1) is 5.41 Å². The predicted octanol–water partition coefficient (Wildman–Crippen LogP) is 4.20. The van der Waals surface area contributed by atoms with Gasteiger partial charge in [-0.05, 0) is 43.6 Å². The lowest BCUT2D eigenvalue weighted by Gasteiger charge is -2.43. The van der Waals surface area contributed by atoms with E-state index < -0.39 is 0 Å². The Balaban J connectivity index is 1.94. The van der Waals surface area contributed by atoms with Crippen LogP contribution >= 0.6 is 23.5 Å². The summed E-state index contributed by atoms with van der Waals surface area (Å²) in [6, 6.07) is 0. The highest BCUT2D eigenvalue weighted by molar-refractivity contribution is 8.19. The van der Waals surface area contributed by atoms with E-state index in [1.165, 1.54) is 23.5 Å². The van der Waals surface area contributed by atoms with Crippen LogP contribution in [0.15, 0.2) is 24.3 Å². The number of hydrogen-bond acceptors (Lipinski definition) is 3. The highest BCUT2D eigenvalue weighted by Gasteiger charge is 2.50. The molecule has 1 heterocycles. The van der Waals surface area contributed by atoms with E-state index in [4.69, 9.17) is 0 Å². The molecule has 0 aromatic carbocycles. The van der Waals surface area contributed by atoms with E-state index in [-0.39, 0.29) is 5.41 Å². The molecule has 2 fully saturated rings. The zero-order valence-electron chi connectivity index (χ0n) is 10.7. The smallest absolute Gasteiger partial charge is 0.143 e. The van der Waals surface area contributed by atoms with Crippen LogP contribution < -0.4 is 0 Å². The Morgan fingerprint density at radius 2 is 2.06 bits per heavy atom. The summed E-state index contributed by atoms with van der Waals surface area (Å²) in [4.78, 5) is 12.3. The molecule has 0 aromatic rings. The molecular weight excluding hydrogens is 260 g/mol. The summed E-state index contributed by atoms with van der Waals surface area (Å²) in [6.45, 7) is 3.86. The first kappa shape index (κ1) is 12.9. The van der Waals surface area contributed by atoms with Gasteiger partial charge in [-0.2, -0.15) is 0 Å². The third-order valence-electron chi connectivity index (χ3n) is 4.54. The van der Waals surface area contributed by atoms with Gasteiger partial charge >= 0.3 is 0 Å². The number of rotatable bonds is 2. The maximum atomic E-state index is 12.3. The van der Waals surface area contributed by atoms with Crippen molar-refractivity contribution >= 4 is 29.3 Å². The van der Waals surface area contributed by atoms with Crippen molar-refractivity contribution in [2.75, 3.05) is 11.5 Å². The van der Waals surface area contributed by atoms with Crippen molar-refractivity contribution in [1.82, 2.24) is 0 Å². The van der Waals surface area contributed by atoms with Crippen molar-refractivity contribution in [3.05, 3.63) is 24.3 Å². The molecule has 1 nitrogen and oxygen atoms in total. The van der Waals surface area contributed by atoms with Crippen LogP contribution in [0.4, 0.5) is 0 Å². The van der Waals surface area contributed by atoms with Crippen molar-refractivity contribution in [1.29, 1.82) is 0 Å². The second kappa shape index (κ2) is 4.75. The monoisotopic (exact) mass is 280 g/mol. The van der Waals surface area contributed by atoms with Gasteiger partial charge in [0.1, 0.15) is 5.78 Å². The van der Waals surface area contributed by atoms with Crippen LogP contribution in [0.3, 0.4) is 0 Å². The van der Waals surface area contributed by atoms with E-state index in [2.05, 4.69) is 36.2 Å². The predicted molar refractivity (Wildman–Crippen MR) is 81.1 cm³/mol. The first-order valence-electron chi connectivity index (χ1n) is 6.85. The minimum Gasteiger partial charge on any atom is -0.299 e. The summed E-state index contributed by atoms with van der Waals surface area (Å²) in [5.74, 6) is 3.02. The molecule has 0 radical (unpaired) electrons. The fraction of sp³-hybridized carbons (Fsp3) is 0.667. The van der Waals surface area contributed by atoms with Gasteiger partial charge in [0.05, 0.1) is 9.49 Å². The van der Waals surface area contributed by atoms with Crippen LogP contribution in [0.1, 0.15) is 38.5 Å². The third kappa shape index (κ3) is 1.90. The highest BCUT2D eigenvalue weighted by Crippen LogP contribution is 2.58. The standard InChI is InChI=1S/C15H20OS2/c1-2-6-14-7-8-15(17-9-3-10-18-15)11-12(14)4-5-13(14)16/h2,11H,1,3-10H2/t14-/m1/s1. The van der Waals surface area contributed by atoms with Crippen molar-refractivity contribution in [3.8, 4) is 0 Å². The number of thioether (sulfide) groups is 2. The number of ketones is 1. The third-order valence-corrected chi connectivity index (χ3v) is 7.85. The van der Waals surface area contributed by atoms with Gasteiger partial charge in [0, 0.05) is 6.42 Å². The normalized spacial score (nSPS) is 34.2. The van der Waals surface area contributed by atoms with Gasteiger partial charge in [0.25, 0.3) is 0 Å². The van der Waals surface area contributed by atoms with Gasteiger partial charge < -0.3 is 0 Å². The van der Waals surface area contributed by atoms with Crippen molar-refractivity contribution in [3.63, 3.8) is 0 Å². The number of Topliss-reactive ketones (excluding diaryl/α,β-unsaturated/α-hetero) is 1. The Labute approximate surface area is 118 Å². The zero-order valence-corrected chi connectivity index (χ0v) is 12.4. The summed E-state index contributed by atoms with van der Waals surface area (Å²) in [5.41, 5.74) is 1.28. The van der Waals surface area contributed by atoms with Crippen LogP contribution in [0.2, 0.25) is 0 Å². The lowest BCUT2D eigenvalue weighted by molar-refractivity contribution is -0.125. The van der Waals surface area contributed by atoms with Gasteiger partial charge in [-0.3, -0.25) is 4.79 Å². The quantitative estimate of drug-likeness (QED) is 0.706. The molecule has 3 heteroatoms. The van der Waals surface area contributed by atoms with E-state index in [1.807, 2.05) is 6.08 Å². The lowest BCUT2D eigenvalue weighted by Crippen LogP contribution is -2.36. The van der Waals surface area contributed by atoms with E-state index in [1.54, 1.807) is 0 Å². The summed E-state index contributed by atoms with van der Waals surface area (Å²) in [6.07, 6.45) is 10.5. The molecule has 3 rings (SSSR count). The van der Waals surface area contributed by atoms with Gasteiger partial charge in [-0.15, -0.1) is 30.1 Å². The maximum Gasteiger partial charge on any atom is 0.143 e. The molecule has 1 aliphatic heterocycles. The van der Waals surface area contributed by atoms with Gasteiger partial charge in [0.2, 0.25) is 0 Å². The molecule has 0 aromatic heterocycles. The molecule has 1 saturated heterocycles. The first-order chi connectivity index (χ1) is 8.71. The van der Waals surface area contributed by atoms with Crippen LogP contribution in [-0.4, -0.2) is 21.4 Å². The molecule has 0 amide bonds. The first-order valence-corrected chi connectivity index (χ1v) is 8.82. The largest absolute Gasteiger partial charge is 0.299 e. The highest BCUT2D eigenvalue weighted by atomic mass is 32.2. The Hall–Kier alpha value is -0.150. The molecule has 98 valence electrons. The zero-order chi connectivity index (χ0) is 12.6. The molecule has 0 unspecified atom stereocenters. The van der Waals surface area contributed by atoms with E-state index >= 15 is 0 Å². The van der Waals surface area contributed by atoms with E-state index in [0.717, 1.165) is 32.1 Å². The lowest BCUT2D eigenvalue weighted by atomic mass is 9.71. The minimum absolute atomic E-state index is 0.147. The Morgan fingerprint density at radius 3 is 2.78 bits per heavy atom. The van der Waals surface area contributed by atoms with Gasteiger partial charge in [0.15, 0.2) is 0 Å². The van der Waals surface area contributed by atoms with Gasteiger partial charge in [-0.1, -0.05) is 17.7 Å². The fourth-order valence-electron chi connectivity index (χ4n) is 3.55. The van der Waals surface area contributed by atoms with E-state index in [9.17, 15) is 4.79 Å². The molecule has 1 spiro atoms. The number of hydrogen-bond donors (Lipinski definition) is 0. The molecule has 2 aliphatic carbocycles. The summed E-state index contributed by atoms with van der Waals surface area (Å²) >= 11 is 4.21. The minimum atomic E-state index is -0.147. The Morgan fingerprint density at radius 1 is 1.28 bits per heavy atom. The average Bonchev–Trinajstić information content (AvgIpc) is 2.69. The molecule has 0 N–H and O–H groups in total. The van der Waals surface area contributed by atoms with Crippen molar-refractivity contribution < 1.29 is 4.79 Å².